The standard InChI is InChI=1S/C34H47N9O3.ClH/c1-7-41(8-2)28-16-13-25(31(44)19-28)22-35-38-34(39-36-23-26-14-17-29(20-32(26)45)42(9-3)10-4)40-37-24-27-15-18-30(21-33(27)46)43(11-5)12-6;/h13-24,44-46H,7-12H2,1-6H3,(H2,38,39,40);1H. The molecule has 0 aliphatic rings. The van der Waals surface area contributed by atoms with Crippen molar-refractivity contribution < 1.29 is 15.3 Å². The SMILES string of the molecule is CCN(CC)c1ccc(C=NN=C(NN=Cc2ccc(N(CC)CC)cc2O)NN=Cc2ccc(N(CC)CC)cc2O)c(O)c1.Cl. The molecule has 254 valence electrons. The molecule has 0 saturated carbocycles. The lowest BCUT2D eigenvalue weighted by molar-refractivity contribution is 0.474. The Morgan fingerprint density at radius 2 is 0.872 bits per heavy atom. The Hall–Kier alpha value is -4.97. The molecule has 0 atom stereocenters. The summed E-state index contributed by atoms with van der Waals surface area (Å²) in [5, 5.41) is 48.4. The first kappa shape index (κ1) is 38.2. The Morgan fingerprint density at radius 1 is 0.553 bits per heavy atom. The quantitative estimate of drug-likeness (QED) is 0.0790. The van der Waals surface area contributed by atoms with Crippen LogP contribution in [0.25, 0.3) is 0 Å². The molecule has 0 amide bonds. The lowest BCUT2D eigenvalue weighted by Gasteiger charge is -2.21. The highest BCUT2D eigenvalue weighted by atomic mass is 35.5. The maximum atomic E-state index is 10.6. The average molecular weight is 666 g/mol. The number of rotatable bonds is 15. The maximum absolute atomic E-state index is 10.6. The fourth-order valence-electron chi connectivity index (χ4n) is 4.82. The highest BCUT2D eigenvalue weighted by molar-refractivity contribution is 5.89. The molecule has 12 nitrogen and oxygen atoms in total. The van der Waals surface area contributed by atoms with Crippen LogP contribution in [0.1, 0.15) is 58.2 Å². The van der Waals surface area contributed by atoms with E-state index in [1.54, 1.807) is 36.4 Å². The first-order chi connectivity index (χ1) is 22.3. The van der Waals surface area contributed by atoms with Crippen LogP contribution < -0.4 is 25.6 Å². The van der Waals surface area contributed by atoms with Crippen molar-refractivity contribution in [2.75, 3.05) is 54.0 Å². The van der Waals surface area contributed by atoms with Gasteiger partial charge in [0.2, 0.25) is 0 Å². The molecule has 0 spiro atoms. The summed E-state index contributed by atoms with van der Waals surface area (Å²) < 4.78 is 0. The van der Waals surface area contributed by atoms with Gasteiger partial charge in [-0.05, 0) is 77.9 Å². The Kier molecular flexibility index (Phi) is 15.9. The zero-order valence-corrected chi connectivity index (χ0v) is 28.9. The van der Waals surface area contributed by atoms with Gasteiger partial charge in [0.05, 0.1) is 18.6 Å². The van der Waals surface area contributed by atoms with Gasteiger partial charge in [-0.15, -0.1) is 17.5 Å². The van der Waals surface area contributed by atoms with Crippen LogP contribution in [0.5, 0.6) is 17.2 Å². The number of nitrogens with zero attached hydrogens (tertiary/aromatic N) is 7. The molecule has 0 unspecified atom stereocenters. The number of benzene rings is 3. The third kappa shape index (κ3) is 10.8. The number of hydrogen-bond acceptors (Lipinski definition) is 10. The van der Waals surface area contributed by atoms with E-state index in [-0.39, 0.29) is 35.6 Å². The zero-order chi connectivity index (χ0) is 33.5. The van der Waals surface area contributed by atoms with Crippen molar-refractivity contribution in [3.8, 4) is 17.2 Å². The summed E-state index contributed by atoms with van der Waals surface area (Å²) in [6.45, 7) is 17.3. The van der Waals surface area contributed by atoms with Crippen molar-refractivity contribution in [2.24, 2.45) is 20.4 Å². The minimum absolute atomic E-state index is 0. The summed E-state index contributed by atoms with van der Waals surface area (Å²) in [5.74, 6) is 0.310. The normalized spacial score (nSPS) is 11.1. The average Bonchev–Trinajstić information content (AvgIpc) is 3.05. The fraction of sp³-hybridized carbons (Fsp3) is 0.353. The number of phenols is 3. The molecule has 3 rings (SSSR count). The van der Waals surface area contributed by atoms with Gasteiger partial charge in [-0.25, -0.2) is 10.9 Å². The van der Waals surface area contributed by atoms with Gasteiger partial charge in [0.25, 0.3) is 5.96 Å². The number of guanidine groups is 1. The van der Waals surface area contributed by atoms with E-state index in [1.807, 2.05) is 18.2 Å². The van der Waals surface area contributed by atoms with Crippen LogP contribution in [0.15, 0.2) is 75.0 Å². The van der Waals surface area contributed by atoms with E-state index < -0.39 is 0 Å². The third-order valence-corrected chi connectivity index (χ3v) is 7.53. The molecule has 0 bridgehead atoms. The van der Waals surface area contributed by atoms with Gasteiger partial charge in [0, 0.05) is 91.2 Å². The van der Waals surface area contributed by atoms with Gasteiger partial charge >= 0.3 is 0 Å². The number of nitrogens with one attached hydrogen (secondary N) is 2. The summed E-state index contributed by atoms with van der Waals surface area (Å²) >= 11 is 0. The van der Waals surface area contributed by atoms with Crippen molar-refractivity contribution in [1.29, 1.82) is 0 Å². The third-order valence-electron chi connectivity index (χ3n) is 7.53. The lowest BCUT2D eigenvalue weighted by Crippen LogP contribution is -2.30. The molecular formula is C34H48ClN9O3. The zero-order valence-electron chi connectivity index (χ0n) is 28.1. The molecule has 3 aromatic carbocycles. The van der Waals surface area contributed by atoms with E-state index in [9.17, 15) is 15.3 Å². The van der Waals surface area contributed by atoms with E-state index in [4.69, 9.17) is 0 Å². The number of aromatic hydroxyl groups is 3. The van der Waals surface area contributed by atoms with Crippen LogP contribution in [0.4, 0.5) is 17.1 Å². The summed E-state index contributed by atoms with van der Waals surface area (Å²) in [6, 6.07) is 16.2. The van der Waals surface area contributed by atoms with E-state index in [0.29, 0.717) is 16.7 Å². The number of hydrogen-bond donors (Lipinski definition) is 5. The summed E-state index contributed by atoms with van der Waals surface area (Å²) in [6.07, 6.45) is 4.34. The Morgan fingerprint density at radius 3 is 1.17 bits per heavy atom. The van der Waals surface area contributed by atoms with Crippen LogP contribution in [0.3, 0.4) is 0 Å². The van der Waals surface area contributed by atoms with E-state index in [0.717, 1.165) is 56.3 Å². The van der Waals surface area contributed by atoms with Crippen LogP contribution >= 0.6 is 12.4 Å². The predicted molar refractivity (Wildman–Crippen MR) is 199 cm³/mol. The van der Waals surface area contributed by atoms with Gasteiger partial charge in [-0.3, -0.25) is 0 Å². The van der Waals surface area contributed by atoms with Gasteiger partial charge < -0.3 is 30.0 Å². The molecule has 0 aliphatic heterocycles. The molecule has 0 aromatic heterocycles. The first-order valence-corrected chi connectivity index (χ1v) is 15.7. The molecule has 0 heterocycles. The molecule has 13 heteroatoms. The topological polar surface area (TPSA) is 144 Å². The molecule has 0 fully saturated rings. The minimum atomic E-state index is 0. The molecule has 47 heavy (non-hydrogen) atoms. The summed E-state index contributed by atoms with van der Waals surface area (Å²) in [4.78, 5) is 6.39. The van der Waals surface area contributed by atoms with Gasteiger partial charge in [-0.1, -0.05) is 0 Å². The molecular weight excluding hydrogens is 618 g/mol. The van der Waals surface area contributed by atoms with E-state index in [1.165, 1.54) is 18.6 Å². The predicted octanol–water partition coefficient (Wildman–Crippen LogP) is 5.70. The highest BCUT2D eigenvalue weighted by Crippen LogP contribution is 2.25. The number of anilines is 3. The van der Waals surface area contributed by atoms with E-state index in [2.05, 4.69) is 87.5 Å². The summed E-state index contributed by atoms with van der Waals surface area (Å²) in [7, 11) is 0. The molecule has 0 radical (unpaired) electrons. The molecule has 3 aromatic rings. The van der Waals surface area contributed by atoms with Crippen molar-refractivity contribution in [1.82, 2.24) is 10.9 Å². The molecule has 0 aliphatic carbocycles. The number of hydrazone groups is 2. The summed E-state index contributed by atoms with van der Waals surface area (Å²) in [5.41, 5.74) is 9.76. The highest BCUT2D eigenvalue weighted by Gasteiger charge is 2.08. The van der Waals surface area contributed by atoms with Crippen LogP contribution in [-0.4, -0.2) is 79.2 Å². The van der Waals surface area contributed by atoms with E-state index >= 15 is 0 Å². The van der Waals surface area contributed by atoms with Crippen LogP contribution in [0.2, 0.25) is 0 Å². The van der Waals surface area contributed by atoms with Gasteiger partial charge in [0.15, 0.2) is 0 Å². The van der Waals surface area contributed by atoms with Crippen LogP contribution in [-0.2, 0) is 0 Å². The van der Waals surface area contributed by atoms with Crippen LogP contribution in [0, 0.1) is 0 Å². The smallest absolute Gasteiger partial charge is 0.257 e. The molecule has 5 N–H and O–H groups in total. The monoisotopic (exact) mass is 665 g/mol. The van der Waals surface area contributed by atoms with Crippen molar-refractivity contribution in [3.05, 3.63) is 71.3 Å². The largest absolute Gasteiger partial charge is 0.507 e. The second-order valence-electron chi connectivity index (χ2n) is 10.2. The first-order valence-electron chi connectivity index (χ1n) is 15.7. The second kappa shape index (κ2) is 19.5. The van der Waals surface area contributed by atoms with Crippen molar-refractivity contribution in [2.45, 2.75) is 41.5 Å². The Balaban J connectivity index is 0.00000768. The van der Waals surface area contributed by atoms with Crippen molar-refractivity contribution in [3.63, 3.8) is 0 Å². The van der Waals surface area contributed by atoms with Gasteiger partial charge in [-0.2, -0.15) is 15.3 Å². The Labute approximate surface area is 284 Å². The minimum Gasteiger partial charge on any atom is -0.507 e. The second-order valence-corrected chi connectivity index (χ2v) is 10.2. The maximum Gasteiger partial charge on any atom is 0.257 e. The number of phenolic OH excluding ortho intramolecular Hbond substituents is 3. The number of halogens is 1. The van der Waals surface area contributed by atoms with Gasteiger partial charge in [0.1, 0.15) is 17.2 Å². The fourth-order valence-corrected chi connectivity index (χ4v) is 4.82. The lowest BCUT2D eigenvalue weighted by atomic mass is 10.2. The Bertz CT molecular complexity index is 1460. The molecule has 0 saturated heterocycles. The van der Waals surface area contributed by atoms with Crippen molar-refractivity contribution >= 4 is 54.1 Å².